The average molecular weight is 301 g/mol. The van der Waals surface area contributed by atoms with Crippen LogP contribution in [0.2, 0.25) is 0 Å². The van der Waals surface area contributed by atoms with Crippen LogP contribution < -0.4 is 5.32 Å². The van der Waals surface area contributed by atoms with Gasteiger partial charge >= 0.3 is 0 Å². The molecule has 1 amide bonds. The first-order chi connectivity index (χ1) is 11.2. The van der Waals surface area contributed by atoms with Crippen molar-refractivity contribution in [2.75, 3.05) is 5.32 Å². The van der Waals surface area contributed by atoms with E-state index in [-0.39, 0.29) is 5.91 Å². The van der Waals surface area contributed by atoms with E-state index in [1.165, 1.54) is 11.1 Å². The van der Waals surface area contributed by atoms with Gasteiger partial charge in [0.1, 0.15) is 0 Å². The first-order valence-electron chi connectivity index (χ1n) is 7.75. The van der Waals surface area contributed by atoms with Gasteiger partial charge in [0, 0.05) is 17.2 Å². The van der Waals surface area contributed by atoms with Gasteiger partial charge in [-0.05, 0) is 35.4 Å². The number of rotatable bonds is 4. The molecule has 0 saturated heterocycles. The maximum Gasteiger partial charge on any atom is 0.255 e. The molecule has 0 saturated carbocycles. The Bertz CT molecular complexity index is 764. The molecule has 1 atom stereocenters. The predicted octanol–water partition coefficient (Wildman–Crippen LogP) is 5.09. The van der Waals surface area contributed by atoms with Crippen LogP contribution >= 0.6 is 0 Å². The minimum absolute atomic E-state index is 0.0885. The van der Waals surface area contributed by atoms with Gasteiger partial charge in [-0.2, -0.15) is 0 Å². The van der Waals surface area contributed by atoms with Crippen LogP contribution in [0.3, 0.4) is 0 Å². The molecule has 0 aliphatic rings. The smallest absolute Gasteiger partial charge is 0.255 e. The summed E-state index contributed by atoms with van der Waals surface area (Å²) in [6.07, 6.45) is 0. The van der Waals surface area contributed by atoms with Crippen LogP contribution in [-0.2, 0) is 0 Å². The van der Waals surface area contributed by atoms with Gasteiger partial charge in [0.25, 0.3) is 5.91 Å². The molecule has 2 heteroatoms. The maximum atomic E-state index is 12.1. The Labute approximate surface area is 136 Å². The van der Waals surface area contributed by atoms with Crippen molar-refractivity contribution in [3.8, 4) is 0 Å². The van der Waals surface area contributed by atoms with Crippen LogP contribution in [0, 0.1) is 0 Å². The molecule has 0 spiro atoms. The van der Waals surface area contributed by atoms with E-state index >= 15 is 0 Å². The molecule has 23 heavy (non-hydrogen) atoms. The summed E-state index contributed by atoms with van der Waals surface area (Å²) in [7, 11) is 0. The van der Waals surface area contributed by atoms with Gasteiger partial charge in [0.2, 0.25) is 0 Å². The summed E-state index contributed by atoms with van der Waals surface area (Å²) < 4.78 is 0. The lowest BCUT2D eigenvalue weighted by molar-refractivity contribution is 0.102. The molecule has 0 aromatic heterocycles. The van der Waals surface area contributed by atoms with Crippen molar-refractivity contribution in [3.05, 3.63) is 102 Å². The molecule has 0 aliphatic heterocycles. The summed E-state index contributed by atoms with van der Waals surface area (Å²) in [4.78, 5) is 12.1. The normalized spacial score (nSPS) is 11.7. The third-order valence-electron chi connectivity index (χ3n) is 4.00. The molecule has 3 aromatic carbocycles. The number of hydrogen-bond donors (Lipinski definition) is 1. The number of hydrogen-bond acceptors (Lipinski definition) is 1. The first-order valence-corrected chi connectivity index (χ1v) is 7.75. The summed E-state index contributed by atoms with van der Waals surface area (Å²) >= 11 is 0. The van der Waals surface area contributed by atoms with Gasteiger partial charge in [0.05, 0.1) is 0 Å². The lowest BCUT2D eigenvalue weighted by Crippen LogP contribution is -2.11. The lowest BCUT2D eigenvalue weighted by atomic mass is 9.93. The highest BCUT2D eigenvalue weighted by atomic mass is 16.1. The van der Waals surface area contributed by atoms with Crippen molar-refractivity contribution in [1.82, 2.24) is 0 Å². The van der Waals surface area contributed by atoms with E-state index in [1.54, 1.807) is 12.1 Å². The van der Waals surface area contributed by atoms with E-state index in [2.05, 4.69) is 48.6 Å². The van der Waals surface area contributed by atoms with Gasteiger partial charge in [-0.25, -0.2) is 0 Å². The number of nitrogens with one attached hydrogen (secondary N) is 1. The monoisotopic (exact) mass is 301 g/mol. The molecule has 114 valence electrons. The van der Waals surface area contributed by atoms with Crippen LogP contribution in [0.1, 0.15) is 34.3 Å². The average Bonchev–Trinajstić information content (AvgIpc) is 2.63. The zero-order valence-electron chi connectivity index (χ0n) is 13.1. The van der Waals surface area contributed by atoms with E-state index in [0.29, 0.717) is 11.5 Å². The Kier molecular flexibility index (Phi) is 4.53. The standard InChI is InChI=1S/C21H19NO/c1-16(17-8-4-2-5-9-17)18-12-14-20(15-13-18)22-21(23)19-10-6-3-7-11-19/h2-16H,1H3,(H,22,23)/t16-/m1/s1. The molecule has 3 rings (SSSR count). The highest BCUT2D eigenvalue weighted by molar-refractivity contribution is 6.04. The number of benzene rings is 3. The Morgan fingerprint density at radius 1 is 0.739 bits per heavy atom. The van der Waals surface area contributed by atoms with E-state index < -0.39 is 0 Å². The molecule has 2 nitrogen and oxygen atoms in total. The Morgan fingerprint density at radius 3 is 1.87 bits per heavy atom. The van der Waals surface area contributed by atoms with Crippen LogP contribution in [-0.4, -0.2) is 5.91 Å². The zero-order chi connectivity index (χ0) is 16.1. The van der Waals surface area contributed by atoms with E-state index in [9.17, 15) is 4.79 Å². The van der Waals surface area contributed by atoms with Crippen LogP contribution in [0.25, 0.3) is 0 Å². The summed E-state index contributed by atoms with van der Waals surface area (Å²) in [5, 5.41) is 2.93. The van der Waals surface area contributed by atoms with Crippen molar-refractivity contribution >= 4 is 11.6 Å². The fourth-order valence-corrected chi connectivity index (χ4v) is 2.58. The minimum Gasteiger partial charge on any atom is -0.322 e. The summed E-state index contributed by atoms with van der Waals surface area (Å²) in [5.41, 5.74) is 3.99. The van der Waals surface area contributed by atoms with Gasteiger partial charge < -0.3 is 5.32 Å². The zero-order valence-corrected chi connectivity index (χ0v) is 13.1. The van der Waals surface area contributed by atoms with Crippen molar-refractivity contribution in [1.29, 1.82) is 0 Å². The fourth-order valence-electron chi connectivity index (χ4n) is 2.58. The molecule has 0 unspecified atom stereocenters. The van der Waals surface area contributed by atoms with Crippen molar-refractivity contribution < 1.29 is 4.79 Å². The van der Waals surface area contributed by atoms with Crippen LogP contribution in [0.4, 0.5) is 5.69 Å². The summed E-state index contributed by atoms with van der Waals surface area (Å²) in [6, 6.07) is 27.7. The van der Waals surface area contributed by atoms with Crippen LogP contribution in [0.5, 0.6) is 0 Å². The van der Waals surface area contributed by atoms with E-state index in [1.807, 2.05) is 36.4 Å². The highest BCUT2D eigenvalue weighted by Crippen LogP contribution is 2.25. The minimum atomic E-state index is -0.0885. The Hall–Kier alpha value is -2.87. The Morgan fingerprint density at radius 2 is 1.26 bits per heavy atom. The van der Waals surface area contributed by atoms with Gasteiger partial charge in [0.15, 0.2) is 0 Å². The predicted molar refractivity (Wildman–Crippen MR) is 94.8 cm³/mol. The summed E-state index contributed by atoms with van der Waals surface area (Å²) in [6.45, 7) is 2.19. The van der Waals surface area contributed by atoms with E-state index in [4.69, 9.17) is 0 Å². The Balaban J connectivity index is 1.71. The van der Waals surface area contributed by atoms with Crippen molar-refractivity contribution in [3.63, 3.8) is 0 Å². The highest BCUT2D eigenvalue weighted by Gasteiger charge is 2.09. The third-order valence-corrected chi connectivity index (χ3v) is 4.00. The number of carbonyl (C=O) groups excluding carboxylic acids is 1. The fraction of sp³-hybridized carbons (Fsp3) is 0.0952. The largest absolute Gasteiger partial charge is 0.322 e. The molecule has 0 heterocycles. The molecule has 0 aliphatic carbocycles. The quantitative estimate of drug-likeness (QED) is 0.714. The molecular weight excluding hydrogens is 282 g/mol. The van der Waals surface area contributed by atoms with Crippen molar-refractivity contribution in [2.45, 2.75) is 12.8 Å². The first kappa shape index (κ1) is 15.0. The number of anilines is 1. The molecule has 1 N–H and O–H groups in total. The third kappa shape index (κ3) is 3.67. The number of carbonyl (C=O) groups is 1. The molecule has 0 fully saturated rings. The lowest BCUT2D eigenvalue weighted by Gasteiger charge is -2.13. The number of amides is 1. The molecular formula is C21H19NO. The van der Waals surface area contributed by atoms with Gasteiger partial charge in [-0.3, -0.25) is 4.79 Å². The van der Waals surface area contributed by atoms with E-state index in [0.717, 1.165) is 5.69 Å². The summed E-state index contributed by atoms with van der Waals surface area (Å²) in [5.74, 6) is 0.240. The maximum absolute atomic E-state index is 12.1. The van der Waals surface area contributed by atoms with Crippen LogP contribution in [0.15, 0.2) is 84.9 Å². The molecule has 0 radical (unpaired) electrons. The molecule has 3 aromatic rings. The van der Waals surface area contributed by atoms with Gasteiger partial charge in [-0.15, -0.1) is 0 Å². The van der Waals surface area contributed by atoms with Gasteiger partial charge in [-0.1, -0.05) is 67.6 Å². The second-order valence-electron chi connectivity index (χ2n) is 5.57. The van der Waals surface area contributed by atoms with Crippen molar-refractivity contribution in [2.24, 2.45) is 0 Å². The molecule has 0 bridgehead atoms. The second kappa shape index (κ2) is 6.93. The SMILES string of the molecule is C[C@H](c1ccccc1)c1ccc(NC(=O)c2ccccc2)cc1. The second-order valence-corrected chi connectivity index (χ2v) is 5.57. The topological polar surface area (TPSA) is 29.1 Å².